The Hall–Kier alpha value is -1.23. The molecule has 0 atom stereocenters. The molecular formula is C9H8BrNO3. The Morgan fingerprint density at radius 3 is 2.79 bits per heavy atom. The molecule has 0 spiro atoms. The molecule has 0 fully saturated rings. The molecule has 1 rings (SSSR count). The molecule has 1 aromatic rings. The van der Waals surface area contributed by atoms with Crippen molar-refractivity contribution in [3.63, 3.8) is 0 Å². The third-order valence-corrected chi connectivity index (χ3v) is 2.35. The van der Waals surface area contributed by atoms with E-state index in [-0.39, 0.29) is 5.69 Å². The van der Waals surface area contributed by atoms with Gasteiger partial charge in [-0.15, -0.1) is 4.91 Å². The fraction of sp³-hybridized carbons (Fsp3) is 0.222. The Kier molecular flexibility index (Phi) is 3.76. The fourth-order valence-corrected chi connectivity index (χ4v) is 1.53. The van der Waals surface area contributed by atoms with Gasteiger partial charge in [0.05, 0.1) is 12.7 Å². The quantitative estimate of drug-likeness (QED) is 0.475. The summed E-state index contributed by atoms with van der Waals surface area (Å²) < 4.78 is 4.57. The van der Waals surface area contributed by atoms with Crippen molar-refractivity contribution in [3.05, 3.63) is 34.2 Å². The van der Waals surface area contributed by atoms with Crippen LogP contribution in [0.3, 0.4) is 0 Å². The highest BCUT2D eigenvalue weighted by atomic mass is 79.9. The molecule has 0 unspecified atom stereocenters. The molecule has 0 aliphatic heterocycles. The number of ether oxygens (including phenoxy) is 1. The monoisotopic (exact) mass is 257 g/mol. The number of nitroso groups, excluding NO2 is 1. The first-order valence-electron chi connectivity index (χ1n) is 3.83. The van der Waals surface area contributed by atoms with Gasteiger partial charge in [0.1, 0.15) is 5.69 Å². The summed E-state index contributed by atoms with van der Waals surface area (Å²) in [5.41, 5.74) is 1.35. The van der Waals surface area contributed by atoms with Gasteiger partial charge in [-0.25, -0.2) is 4.79 Å². The molecule has 14 heavy (non-hydrogen) atoms. The number of alkyl halides is 1. The maximum Gasteiger partial charge on any atom is 0.338 e. The van der Waals surface area contributed by atoms with Gasteiger partial charge in [-0.05, 0) is 22.9 Å². The molecule has 5 heteroatoms. The van der Waals surface area contributed by atoms with Gasteiger partial charge in [0.25, 0.3) is 0 Å². The summed E-state index contributed by atoms with van der Waals surface area (Å²) in [6, 6.07) is 4.63. The number of hydrogen-bond acceptors (Lipinski definition) is 4. The molecule has 0 radical (unpaired) electrons. The molecule has 0 aromatic heterocycles. The van der Waals surface area contributed by atoms with Gasteiger partial charge in [0.2, 0.25) is 0 Å². The third-order valence-electron chi connectivity index (χ3n) is 1.75. The summed E-state index contributed by atoms with van der Waals surface area (Å²) >= 11 is 3.24. The first-order valence-corrected chi connectivity index (χ1v) is 4.95. The number of rotatable bonds is 3. The Labute approximate surface area is 89.4 Å². The molecule has 1 aromatic carbocycles. The average molecular weight is 258 g/mol. The summed E-state index contributed by atoms with van der Waals surface area (Å²) in [6.45, 7) is 0. The molecule has 0 saturated carbocycles. The molecule has 74 valence electrons. The lowest BCUT2D eigenvalue weighted by Crippen LogP contribution is -2.04. The van der Waals surface area contributed by atoms with Gasteiger partial charge in [-0.3, -0.25) is 0 Å². The fourth-order valence-electron chi connectivity index (χ4n) is 1.04. The number of nitrogens with zero attached hydrogens (tertiary/aromatic N) is 1. The predicted molar refractivity (Wildman–Crippen MR) is 55.9 cm³/mol. The molecule has 0 aliphatic rings. The van der Waals surface area contributed by atoms with E-state index in [2.05, 4.69) is 25.8 Å². The molecule has 0 amide bonds. The minimum absolute atomic E-state index is 0.218. The average Bonchev–Trinajstić information content (AvgIpc) is 2.27. The second-order valence-electron chi connectivity index (χ2n) is 2.56. The molecule has 0 aliphatic carbocycles. The molecule has 0 N–H and O–H groups in total. The van der Waals surface area contributed by atoms with Crippen LogP contribution >= 0.6 is 15.9 Å². The van der Waals surface area contributed by atoms with Crippen molar-refractivity contribution in [2.45, 2.75) is 5.33 Å². The number of halogens is 1. The van der Waals surface area contributed by atoms with Crippen LogP contribution in [0.2, 0.25) is 0 Å². The number of benzene rings is 1. The summed E-state index contributed by atoms with van der Waals surface area (Å²) in [5, 5.41) is 3.27. The maximum absolute atomic E-state index is 11.3. The van der Waals surface area contributed by atoms with Crippen LogP contribution in [0.15, 0.2) is 23.4 Å². The van der Waals surface area contributed by atoms with Crippen LogP contribution in [0, 0.1) is 4.91 Å². The Morgan fingerprint density at radius 1 is 1.57 bits per heavy atom. The van der Waals surface area contributed by atoms with Crippen LogP contribution in [0.1, 0.15) is 15.9 Å². The highest BCUT2D eigenvalue weighted by molar-refractivity contribution is 9.08. The van der Waals surface area contributed by atoms with Gasteiger partial charge >= 0.3 is 5.97 Å². The van der Waals surface area contributed by atoms with Gasteiger partial charge in [-0.2, -0.15) is 0 Å². The number of esters is 1. The van der Waals surface area contributed by atoms with Crippen molar-refractivity contribution in [2.24, 2.45) is 5.18 Å². The van der Waals surface area contributed by atoms with Gasteiger partial charge < -0.3 is 4.74 Å². The number of carbonyl (C=O) groups is 1. The largest absolute Gasteiger partial charge is 0.465 e. The Balaban J connectivity index is 3.21. The van der Waals surface area contributed by atoms with Crippen molar-refractivity contribution in [3.8, 4) is 0 Å². The highest BCUT2D eigenvalue weighted by Gasteiger charge is 2.11. The van der Waals surface area contributed by atoms with Gasteiger partial charge in [0.15, 0.2) is 0 Å². The standard InChI is InChI=1S/C9H8BrNO3/c1-14-9(12)8-4-7(11-13)3-2-6(8)5-10/h2-4H,5H2,1H3. The minimum atomic E-state index is -0.468. The van der Waals surface area contributed by atoms with E-state index in [1.54, 1.807) is 12.1 Å². The van der Waals surface area contributed by atoms with E-state index in [4.69, 9.17) is 0 Å². The zero-order chi connectivity index (χ0) is 10.6. The second kappa shape index (κ2) is 4.85. The van der Waals surface area contributed by atoms with E-state index in [1.807, 2.05) is 0 Å². The second-order valence-corrected chi connectivity index (χ2v) is 3.12. The van der Waals surface area contributed by atoms with Crippen molar-refractivity contribution in [1.29, 1.82) is 0 Å². The lowest BCUT2D eigenvalue weighted by Gasteiger charge is -2.04. The van der Waals surface area contributed by atoms with Gasteiger partial charge in [0, 0.05) is 5.33 Å². The SMILES string of the molecule is COC(=O)c1cc(N=O)ccc1CBr. The van der Waals surface area contributed by atoms with E-state index in [0.717, 1.165) is 5.56 Å². The minimum Gasteiger partial charge on any atom is -0.465 e. The maximum atomic E-state index is 11.3. The van der Waals surface area contributed by atoms with Crippen LogP contribution in [-0.2, 0) is 10.1 Å². The van der Waals surface area contributed by atoms with Crippen LogP contribution in [0.25, 0.3) is 0 Å². The van der Waals surface area contributed by atoms with E-state index >= 15 is 0 Å². The summed E-state index contributed by atoms with van der Waals surface area (Å²) in [4.78, 5) is 21.5. The van der Waals surface area contributed by atoms with Crippen molar-refractivity contribution in [2.75, 3.05) is 7.11 Å². The van der Waals surface area contributed by atoms with Crippen molar-refractivity contribution < 1.29 is 9.53 Å². The highest BCUT2D eigenvalue weighted by Crippen LogP contribution is 2.20. The predicted octanol–water partition coefficient (Wildman–Crippen LogP) is 2.77. The Bertz CT molecular complexity index is 365. The molecular weight excluding hydrogens is 250 g/mol. The number of carbonyl (C=O) groups excluding carboxylic acids is 1. The Morgan fingerprint density at radius 2 is 2.29 bits per heavy atom. The number of methoxy groups -OCH3 is 1. The topological polar surface area (TPSA) is 55.7 Å². The zero-order valence-corrected chi connectivity index (χ0v) is 9.08. The molecule has 0 saturated heterocycles. The first kappa shape index (κ1) is 10.8. The molecule has 0 heterocycles. The number of hydrogen-bond donors (Lipinski definition) is 0. The summed E-state index contributed by atoms with van der Waals surface area (Å²) in [6.07, 6.45) is 0. The van der Waals surface area contributed by atoms with Crippen LogP contribution in [-0.4, -0.2) is 13.1 Å². The van der Waals surface area contributed by atoms with Crippen LogP contribution in [0.5, 0.6) is 0 Å². The van der Waals surface area contributed by atoms with Crippen molar-refractivity contribution >= 4 is 27.6 Å². The van der Waals surface area contributed by atoms with E-state index in [9.17, 15) is 9.70 Å². The lowest BCUT2D eigenvalue weighted by molar-refractivity contribution is 0.0600. The summed E-state index contributed by atoms with van der Waals surface area (Å²) in [5.74, 6) is -0.468. The van der Waals surface area contributed by atoms with E-state index < -0.39 is 5.97 Å². The van der Waals surface area contributed by atoms with Crippen LogP contribution in [0.4, 0.5) is 5.69 Å². The smallest absolute Gasteiger partial charge is 0.338 e. The zero-order valence-electron chi connectivity index (χ0n) is 7.49. The van der Waals surface area contributed by atoms with Crippen molar-refractivity contribution in [1.82, 2.24) is 0 Å². The van der Waals surface area contributed by atoms with Gasteiger partial charge in [-0.1, -0.05) is 22.0 Å². The first-order chi connectivity index (χ1) is 6.72. The normalized spacial score (nSPS) is 9.57. The molecule has 4 nitrogen and oxygen atoms in total. The molecule has 0 bridgehead atoms. The van der Waals surface area contributed by atoms with E-state index in [0.29, 0.717) is 10.9 Å². The third kappa shape index (κ3) is 2.17. The van der Waals surface area contributed by atoms with E-state index in [1.165, 1.54) is 13.2 Å². The lowest BCUT2D eigenvalue weighted by atomic mass is 10.1. The summed E-state index contributed by atoms with van der Waals surface area (Å²) in [7, 11) is 1.29. The van der Waals surface area contributed by atoms with Crippen LogP contribution < -0.4 is 0 Å².